The zero-order valence-electron chi connectivity index (χ0n) is 17.0. The smallest absolute Gasteiger partial charge is 0.417 e. The second kappa shape index (κ2) is 10.5. The average molecular weight is 438 g/mol. The lowest BCUT2D eigenvalue weighted by Gasteiger charge is -2.26. The standard InChI is InChI=1S/C22H25F3N2O4/c23-22(24,25)16-6-11-20(26-15-16)31-18-9-7-17(8-10-18)30-19(21(28)29)5-4-14-27-12-2-1-3-13-27/h6-11,15,19H,1-5,12-14H2,(H,28,29). The summed E-state index contributed by atoms with van der Waals surface area (Å²) in [7, 11) is 0. The number of aliphatic carboxylic acids is 1. The second-order valence-electron chi connectivity index (χ2n) is 7.45. The van der Waals surface area contributed by atoms with Gasteiger partial charge >= 0.3 is 12.1 Å². The molecule has 31 heavy (non-hydrogen) atoms. The number of halogens is 3. The summed E-state index contributed by atoms with van der Waals surface area (Å²) in [4.78, 5) is 17.5. The van der Waals surface area contributed by atoms with Crippen molar-refractivity contribution in [2.45, 2.75) is 44.4 Å². The topological polar surface area (TPSA) is 71.9 Å². The van der Waals surface area contributed by atoms with E-state index in [9.17, 15) is 23.1 Å². The molecule has 1 aromatic carbocycles. The number of ether oxygens (including phenoxy) is 2. The number of carboxylic acid groups (broad SMARTS) is 1. The minimum atomic E-state index is -4.46. The summed E-state index contributed by atoms with van der Waals surface area (Å²) in [6, 6.07) is 8.22. The van der Waals surface area contributed by atoms with Crippen LogP contribution in [0.4, 0.5) is 13.2 Å². The Hall–Kier alpha value is -2.81. The number of benzene rings is 1. The van der Waals surface area contributed by atoms with Crippen LogP contribution < -0.4 is 9.47 Å². The third kappa shape index (κ3) is 7.13. The third-order valence-corrected chi connectivity index (χ3v) is 5.05. The molecule has 168 valence electrons. The number of hydrogen-bond donors (Lipinski definition) is 1. The number of nitrogens with zero attached hydrogens (tertiary/aromatic N) is 2. The molecule has 0 radical (unpaired) electrons. The van der Waals surface area contributed by atoms with Crippen molar-refractivity contribution in [3.63, 3.8) is 0 Å². The first-order valence-electron chi connectivity index (χ1n) is 10.2. The largest absolute Gasteiger partial charge is 0.479 e. The van der Waals surface area contributed by atoms with E-state index >= 15 is 0 Å². The number of alkyl halides is 3. The van der Waals surface area contributed by atoms with Crippen LogP contribution in [0.2, 0.25) is 0 Å². The summed E-state index contributed by atoms with van der Waals surface area (Å²) in [5, 5.41) is 9.45. The highest BCUT2D eigenvalue weighted by Gasteiger charge is 2.30. The number of rotatable bonds is 9. The minimum Gasteiger partial charge on any atom is -0.479 e. The highest BCUT2D eigenvalue weighted by molar-refractivity contribution is 5.72. The molecular formula is C22H25F3N2O4. The van der Waals surface area contributed by atoms with Crippen LogP contribution in [0, 0.1) is 0 Å². The Balaban J connectivity index is 1.51. The zero-order valence-corrected chi connectivity index (χ0v) is 17.0. The van der Waals surface area contributed by atoms with E-state index in [1.165, 1.54) is 19.3 Å². The monoisotopic (exact) mass is 438 g/mol. The highest BCUT2D eigenvalue weighted by Crippen LogP contribution is 2.30. The molecule has 2 heterocycles. The molecule has 2 aromatic rings. The van der Waals surface area contributed by atoms with Crippen molar-refractivity contribution in [2.75, 3.05) is 19.6 Å². The Labute approximate surface area is 178 Å². The number of piperidine rings is 1. The predicted octanol–water partition coefficient (Wildman–Crippen LogP) is 4.99. The lowest BCUT2D eigenvalue weighted by atomic mass is 10.1. The SMILES string of the molecule is O=C(O)C(CCCN1CCCCC1)Oc1ccc(Oc2ccc(C(F)(F)F)cn2)cc1. The van der Waals surface area contributed by atoms with E-state index in [1.54, 1.807) is 24.3 Å². The molecule has 0 amide bonds. The number of carbonyl (C=O) groups is 1. The van der Waals surface area contributed by atoms with Crippen molar-refractivity contribution in [1.29, 1.82) is 0 Å². The molecule has 6 nitrogen and oxygen atoms in total. The van der Waals surface area contributed by atoms with Crippen molar-refractivity contribution in [3.05, 3.63) is 48.2 Å². The van der Waals surface area contributed by atoms with Gasteiger partial charge in [-0.2, -0.15) is 13.2 Å². The Morgan fingerprint density at radius 1 is 1.06 bits per heavy atom. The lowest BCUT2D eigenvalue weighted by Crippen LogP contribution is -2.32. The normalized spacial score (nSPS) is 16.0. The molecule has 1 saturated heterocycles. The van der Waals surface area contributed by atoms with E-state index in [-0.39, 0.29) is 5.88 Å². The van der Waals surface area contributed by atoms with Crippen LogP contribution in [-0.4, -0.2) is 46.7 Å². The molecule has 0 spiro atoms. The first-order valence-corrected chi connectivity index (χ1v) is 10.2. The van der Waals surface area contributed by atoms with Crippen LogP contribution in [0.3, 0.4) is 0 Å². The van der Waals surface area contributed by atoms with Crippen molar-refractivity contribution in [3.8, 4) is 17.4 Å². The van der Waals surface area contributed by atoms with Crippen molar-refractivity contribution in [1.82, 2.24) is 9.88 Å². The quantitative estimate of drug-likeness (QED) is 0.595. The number of hydrogen-bond acceptors (Lipinski definition) is 5. The molecule has 1 aliphatic rings. The van der Waals surface area contributed by atoms with Gasteiger partial charge in [0.15, 0.2) is 6.10 Å². The lowest BCUT2D eigenvalue weighted by molar-refractivity contribution is -0.145. The summed E-state index contributed by atoms with van der Waals surface area (Å²) in [6.07, 6.45) is 0.0641. The number of aromatic nitrogens is 1. The molecule has 1 fully saturated rings. The first-order chi connectivity index (χ1) is 14.8. The van der Waals surface area contributed by atoms with Gasteiger partial charge in [0.2, 0.25) is 5.88 Å². The predicted molar refractivity (Wildman–Crippen MR) is 107 cm³/mol. The van der Waals surface area contributed by atoms with Gasteiger partial charge in [-0.25, -0.2) is 9.78 Å². The zero-order chi connectivity index (χ0) is 22.3. The van der Waals surface area contributed by atoms with E-state index < -0.39 is 23.8 Å². The molecule has 1 aliphatic heterocycles. The molecule has 3 rings (SSSR count). The Kier molecular flexibility index (Phi) is 7.73. The van der Waals surface area contributed by atoms with Gasteiger partial charge in [0.25, 0.3) is 0 Å². The average Bonchev–Trinajstić information content (AvgIpc) is 2.75. The van der Waals surface area contributed by atoms with Crippen LogP contribution >= 0.6 is 0 Å². The highest BCUT2D eigenvalue weighted by atomic mass is 19.4. The van der Waals surface area contributed by atoms with E-state index in [2.05, 4.69) is 9.88 Å². The number of likely N-dealkylation sites (tertiary alicyclic amines) is 1. The summed E-state index contributed by atoms with van der Waals surface area (Å²) in [5.41, 5.74) is -0.858. The van der Waals surface area contributed by atoms with Gasteiger partial charge < -0.3 is 19.5 Å². The van der Waals surface area contributed by atoms with Crippen molar-refractivity contribution < 1.29 is 32.5 Å². The van der Waals surface area contributed by atoms with E-state index in [1.807, 2.05) is 0 Å². The van der Waals surface area contributed by atoms with Crippen LogP contribution in [-0.2, 0) is 11.0 Å². The maximum absolute atomic E-state index is 12.6. The van der Waals surface area contributed by atoms with Gasteiger partial charge in [-0.15, -0.1) is 0 Å². The molecule has 1 atom stereocenters. The van der Waals surface area contributed by atoms with Gasteiger partial charge in [-0.05, 0) is 75.6 Å². The molecule has 1 aromatic heterocycles. The molecule has 1 unspecified atom stereocenters. The first kappa shape index (κ1) is 22.9. The van der Waals surface area contributed by atoms with Crippen LogP contribution in [0.1, 0.15) is 37.7 Å². The molecule has 1 N–H and O–H groups in total. The Bertz CT molecular complexity index is 835. The van der Waals surface area contributed by atoms with Gasteiger partial charge in [-0.1, -0.05) is 6.42 Å². The maximum atomic E-state index is 12.6. The molecular weight excluding hydrogens is 413 g/mol. The van der Waals surface area contributed by atoms with E-state index in [0.717, 1.165) is 38.2 Å². The van der Waals surface area contributed by atoms with Crippen LogP contribution in [0.15, 0.2) is 42.6 Å². The third-order valence-electron chi connectivity index (χ3n) is 5.05. The fourth-order valence-electron chi connectivity index (χ4n) is 3.40. The van der Waals surface area contributed by atoms with Crippen LogP contribution in [0.25, 0.3) is 0 Å². The maximum Gasteiger partial charge on any atom is 0.417 e. The van der Waals surface area contributed by atoms with Gasteiger partial charge in [0.05, 0.1) is 5.56 Å². The minimum absolute atomic E-state index is 0.0165. The molecule has 0 bridgehead atoms. The fraction of sp³-hybridized carbons (Fsp3) is 0.455. The van der Waals surface area contributed by atoms with E-state index in [4.69, 9.17) is 9.47 Å². The summed E-state index contributed by atoms with van der Waals surface area (Å²) in [5.74, 6) is -0.287. The summed E-state index contributed by atoms with van der Waals surface area (Å²) < 4.78 is 48.8. The number of pyridine rings is 1. The van der Waals surface area contributed by atoms with Gasteiger partial charge in [0.1, 0.15) is 11.5 Å². The van der Waals surface area contributed by atoms with Gasteiger partial charge in [-0.3, -0.25) is 0 Å². The van der Waals surface area contributed by atoms with Crippen molar-refractivity contribution in [2.24, 2.45) is 0 Å². The summed E-state index contributed by atoms with van der Waals surface area (Å²) >= 11 is 0. The van der Waals surface area contributed by atoms with Crippen LogP contribution in [0.5, 0.6) is 17.4 Å². The van der Waals surface area contributed by atoms with Crippen molar-refractivity contribution >= 4 is 5.97 Å². The molecule has 0 saturated carbocycles. The van der Waals surface area contributed by atoms with Gasteiger partial charge in [0, 0.05) is 12.3 Å². The van der Waals surface area contributed by atoms with E-state index in [0.29, 0.717) is 24.1 Å². The molecule has 9 heteroatoms. The Morgan fingerprint density at radius 2 is 1.74 bits per heavy atom. The fourth-order valence-corrected chi connectivity index (χ4v) is 3.40. The summed E-state index contributed by atoms with van der Waals surface area (Å²) in [6.45, 7) is 2.99. The Morgan fingerprint density at radius 3 is 2.32 bits per heavy atom. The molecule has 0 aliphatic carbocycles. The number of carboxylic acids is 1. The second-order valence-corrected chi connectivity index (χ2v) is 7.45.